The lowest BCUT2D eigenvalue weighted by Crippen LogP contribution is -2.39. The van der Waals surface area contributed by atoms with E-state index >= 15 is 0 Å². The first-order chi connectivity index (χ1) is 7.21. The Kier molecular flexibility index (Phi) is 2.72. The predicted octanol–water partition coefficient (Wildman–Crippen LogP) is 3.37. The molecule has 82 valence electrons. The van der Waals surface area contributed by atoms with Gasteiger partial charge in [-0.1, -0.05) is 13.0 Å². The van der Waals surface area contributed by atoms with E-state index in [-0.39, 0.29) is 5.54 Å². The second kappa shape index (κ2) is 3.87. The molecule has 0 radical (unpaired) electrons. The lowest BCUT2D eigenvalue weighted by molar-refractivity contribution is 0.400. The minimum Gasteiger partial charge on any atom is -0.289 e. The van der Waals surface area contributed by atoms with Gasteiger partial charge < -0.3 is 0 Å². The van der Waals surface area contributed by atoms with Crippen molar-refractivity contribution in [3.8, 4) is 0 Å². The summed E-state index contributed by atoms with van der Waals surface area (Å²) in [6.45, 7) is 5.21. The van der Waals surface area contributed by atoms with Crippen LogP contribution in [0.4, 0.5) is 0 Å². The molecular weight excluding hydrogens is 186 g/mol. The highest BCUT2D eigenvalue weighted by Gasteiger charge is 2.39. The zero-order chi connectivity index (χ0) is 10.9. The minimum absolute atomic E-state index is 0.287. The molecule has 2 rings (SSSR count). The van der Waals surface area contributed by atoms with Crippen LogP contribution < -0.4 is 0 Å². The minimum atomic E-state index is -0.287. The molecule has 3 heteroatoms. The van der Waals surface area contributed by atoms with Crippen LogP contribution in [0, 0.1) is 11.4 Å². The van der Waals surface area contributed by atoms with Crippen molar-refractivity contribution in [2.75, 3.05) is 6.54 Å². The highest BCUT2D eigenvalue weighted by atomic mass is 15.0. The van der Waals surface area contributed by atoms with Crippen molar-refractivity contribution in [1.29, 1.82) is 5.53 Å². The summed E-state index contributed by atoms with van der Waals surface area (Å²) in [7, 11) is 0. The van der Waals surface area contributed by atoms with Crippen molar-refractivity contribution in [2.24, 2.45) is 16.0 Å². The van der Waals surface area contributed by atoms with Crippen molar-refractivity contribution >= 4 is 5.71 Å². The summed E-state index contributed by atoms with van der Waals surface area (Å²) in [5.74, 6) is 0.603. The van der Waals surface area contributed by atoms with Gasteiger partial charge in [-0.3, -0.25) is 4.99 Å². The van der Waals surface area contributed by atoms with Crippen molar-refractivity contribution in [1.82, 2.24) is 0 Å². The fraction of sp³-hybridized carbons (Fsp3) is 0.750. The summed E-state index contributed by atoms with van der Waals surface area (Å²) >= 11 is 0. The number of dihydropyridines is 1. The fourth-order valence-electron chi connectivity index (χ4n) is 2.67. The molecule has 1 aliphatic carbocycles. The topological polar surface area (TPSA) is 48.6 Å². The van der Waals surface area contributed by atoms with Crippen molar-refractivity contribution in [2.45, 2.75) is 45.1 Å². The average molecular weight is 205 g/mol. The van der Waals surface area contributed by atoms with Crippen LogP contribution in [0.3, 0.4) is 0 Å². The van der Waals surface area contributed by atoms with Crippen LogP contribution in [0.15, 0.2) is 21.8 Å². The van der Waals surface area contributed by atoms with Crippen LogP contribution in [-0.2, 0) is 0 Å². The Balaban J connectivity index is 2.37. The molecule has 2 unspecified atom stereocenters. The van der Waals surface area contributed by atoms with Gasteiger partial charge in [0.1, 0.15) is 5.54 Å². The van der Waals surface area contributed by atoms with Gasteiger partial charge in [-0.05, 0) is 38.2 Å². The van der Waals surface area contributed by atoms with E-state index in [4.69, 9.17) is 5.53 Å². The number of nitrogens with one attached hydrogen (secondary N) is 1. The van der Waals surface area contributed by atoms with Crippen LogP contribution in [-0.4, -0.2) is 17.8 Å². The summed E-state index contributed by atoms with van der Waals surface area (Å²) < 4.78 is 0. The fourth-order valence-corrected chi connectivity index (χ4v) is 2.67. The molecule has 1 heterocycles. The molecule has 0 saturated heterocycles. The summed E-state index contributed by atoms with van der Waals surface area (Å²) in [5, 5.41) is 3.83. The molecule has 0 aromatic rings. The second-order valence-corrected chi connectivity index (χ2v) is 4.70. The quantitative estimate of drug-likeness (QED) is 0.672. The normalized spacial score (nSPS) is 35.2. The number of fused-ring (bicyclic) bond motifs is 1. The molecule has 0 bridgehead atoms. The molecule has 0 amide bonds. The maximum absolute atomic E-state index is 7.37. The van der Waals surface area contributed by atoms with E-state index in [9.17, 15) is 0 Å². The molecular formula is C12H19N3. The second-order valence-electron chi connectivity index (χ2n) is 4.70. The molecule has 2 atom stereocenters. The maximum atomic E-state index is 7.37. The summed E-state index contributed by atoms with van der Waals surface area (Å²) in [6.07, 6.45) is 6.55. The first-order valence-corrected chi connectivity index (χ1v) is 5.85. The third-order valence-corrected chi connectivity index (χ3v) is 3.72. The summed E-state index contributed by atoms with van der Waals surface area (Å²) in [6, 6.07) is 0. The van der Waals surface area contributed by atoms with Crippen LogP contribution in [0.5, 0.6) is 0 Å². The molecule has 15 heavy (non-hydrogen) atoms. The van der Waals surface area contributed by atoms with Crippen LogP contribution in [0.2, 0.25) is 0 Å². The number of aliphatic imine (C=N–C) groups is 1. The first-order valence-electron chi connectivity index (χ1n) is 5.85. The van der Waals surface area contributed by atoms with E-state index in [1.54, 1.807) is 0 Å². The van der Waals surface area contributed by atoms with Gasteiger partial charge >= 0.3 is 0 Å². The van der Waals surface area contributed by atoms with Crippen molar-refractivity contribution in [3.63, 3.8) is 0 Å². The van der Waals surface area contributed by atoms with E-state index in [0.29, 0.717) is 5.92 Å². The Labute approximate surface area is 91.2 Å². The molecule has 0 aromatic carbocycles. The van der Waals surface area contributed by atoms with Gasteiger partial charge in [0.05, 0.1) is 0 Å². The highest BCUT2D eigenvalue weighted by Crippen LogP contribution is 2.39. The van der Waals surface area contributed by atoms with Crippen LogP contribution in [0.25, 0.3) is 0 Å². The molecule has 1 saturated carbocycles. The van der Waals surface area contributed by atoms with E-state index in [1.165, 1.54) is 11.3 Å². The maximum Gasteiger partial charge on any atom is 0.105 e. The third-order valence-electron chi connectivity index (χ3n) is 3.72. The standard InChI is InChI=1S/C12H19N3/c1-3-9-6-7-12(2,15-13)10-5-4-8-14-11(9)10/h5,9,13H,3-4,6-8H2,1-2H3. The number of hydrogen-bond donors (Lipinski definition) is 1. The summed E-state index contributed by atoms with van der Waals surface area (Å²) in [4.78, 5) is 4.65. The Bertz CT molecular complexity index is 330. The average Bonchev–Trinajstić information content (AvgIpc) is 2.30. The van der Waals surface area contributed by atoms with Gasteiger partial charge in [0.2, 0.25) is 0 Å². The van der Waals surface area contributed by atoms with E-state index < -0.39 is 0 Å². The van der Waals surface area contributed by atoms with Crippen LogP contribution in [0.1, 0.15) is 39.5 Å². The molecule has 1 N–H and O–H groups in total. The van der Waals surface area contributed by atoms with Gasteiger partial charge in [-0.2, -0.15) is 5.11 Å². The molecule has 2 aliphatic rings. The Morgan fingerprint density at radius 3 is 3.13 bits per heavy atom. The monoisotopic (exact) mass is 205 g/mol. The van der Waals surface area contributed by atoms with Crippen molar-refractivity contribution < 1.29 is 0 Å². The predicted molar refractivity (Wildman–Crippen MR) is 61.6 cm³/mol. The molecule has 1 fully saturated rings. The number of nitrogens with zero attached hydrogens (tertiary/aromatic N) is 2. The first kappa shape index (κ1) is 10.5. The summed E-state index contributed by atoms with van der Waals surface area (Å²) in [5.41, 5.74) is 9.56. The third kappa shape index (κ3) is 1.64. The van der Waals surface area contributed by atoms with E-state index in [1.807, 2.05) is 0 Å². The van der Waals surface area contributed by atoms with Crippen LogP contribution >= 0.6 is 0 Å². The van der Waals surface area contributed by atoms with Gasteiger partial charge in [0, 0.05) is 18.2 Å². The van der Waals surface area contributed by atoms with Crippen molar-refractivity contribution in [3.05, 3.63) is 11.6 Å². The Morgan fingerprint density at radius 1 is 1.67 bits per heavy atom. The molecule has 1 aliphatic heterocycles. The zero-order valence-corrected chi connectivity index (χ0v) is 9.58. The van der Waals surface area contributed by atoms with E-state index in [2.05, 4.69) is 30.0 Å². The highest BCUT2D eigenvalue weighted by molar-refractivity contribution is 6.05. The smallest absolute Gasteiger partial charge is 0.105 e. The lowest BCUT2D eigenvalue weighted by atomic mass is 9.71. The Hall–Kier alpha value is -0.990. The van der Waals surface area contributed by atoms with E-state index in [0.717, 1.165) is 32.2 Å². The van der Waals surface area contributed by atoms with Gasteiger partial charge in [0.15, 0.2) is 0 Å². The van der Waals surface area contributed by atoms with Gasteiger partial charge in [0.25, 0.3) is 0 Å². The lowest BCUT2D eigenvalue weighted by Gasteiger charge is -2.38. The molecule has 0 aromatic heterocycles. The SMILES string of the molecule is CCC1CCC(C)(N=N)C2=CCCN=C21. The zero-order valence-electron chi connectivity index (χ0n) is 9.58. The molecule has 0 spiro atoms. The van der Waals surface area contributed by atoms with Gasteiger partial charge in [-0.15, -0.1) is 0 Å². The Morgan fingerprint density at radius 2 is 2.47 bits per heavy atom. The van der Waals surface area contributed by atoms with Gasteiger partial charge in [-0.25, -0.2) is 5.53 Å². The largest absolute Gasteiger partial charge is 0.289 e. The number of rotatable bonds is 2. The molecule has 3 nitrogen and oxygen atoms in total. The number of hydrogen-bond acceptors (Lipinski definition) is 3.